The van der Waals surface area contributed by atoms with E-state index >= 15 is 0 Å². The minimum absolute atomic E-state index is 0.165. The van der Waals surface area contributed by atoms with Gasteiger partial charge in [0, 0.05) is 12.1 Å². The van der Waals surface area contributed by atoms with Crippen LogP contribution in [0.4, 0.5) is 0 Å². The Morgan fingerprint density at radius 1 is 1.29 bits per heavy atom. The van der Waals surface area contributed by atoms with Crippen LogP contribution in [0.2, 0.25) is 0 Å². The summed E-state index contributed by atoms with van der Waals surface area (Å²) < 4.78 is 16.2. The van der Waals surface area contributed by atoms with Crippen LogP contribution < -0.4 is 15.2 Å². The normalized spacial score (nSPS) is 12.2. The summed E-state index contributed by atoms with van der Waals surface area (Å²) in [5.74, 6) is 2.07. The molecule has 0 amide bonds. The maximum Gasteiger partial charge on any atom is 0.174 e. The summed E-state index contributed by atoms with van der Waals surface area (Å²) >= 11 is 0. The highest BCUT2D eigenvalue weighted by Gasteiger charge is 2.09. The van der Waals surface area contributed by atoms with Gasteiger partial charge in [-0.3, -0.25) is 0 Å². The summed E-state index contributed by atoms with van der Waals surface area (Å²) in [7, 11) is 1.63. The molecule has 0 aliphatic heterocycles. The Hall–Kier alpha value is -2.01. The molecule has 1 heterocycles. The Bertz CT molecular complexity index is 581. The van der Waals surface area contributed by atoms with Gasteiger partial charge in [-0.15, -0.1) is 0 Å². The van der Waals surface area contributed by atoms with Gasteiger partial charge in [0.25, 0.3) is 0 Å². The molecule has 2 rings (SSSR count). The molecule has 5 heteroatoms. The van der Waals surface area contributed by atoms with Crippen molar-refractivity contribution in [3.63, 3.8) is 0 Å². The Kier molecular flexibility index (Phi) is 5.22. The fraction of sp³-hybridized carbons (Fsp3) is 0.438. The molecule has 0 radical (unpaired) electrons. The Labute approximate surface area is 125 Å². The first-order chi connectivity index (χ1) is 10.1. The van der Waals surface area contributed by atoms with Crippen molar-refractivity contribution in [3.05, 3.63) is 41.3 Å². The summed E-state index contributed by atoms with van der Waals surface area (Å²) in [4.78, 5) is 0. The van der Waals surface area contributed by atoms with Crippen LogP contribution in [0.5, 0.6) is 11.5 Å². The van der Waals surface area contributed by atoms with E-state index in [1.807, 2.05) is 31.2 Å². The summed E-state index contributed by atoms with van der Waals surface area (Å²) in [5.41, 5.74) is 7.96. The van der Waals surface area contributed by atoms with Gasteiger partial charge in [-0.25, -0.2) is 0 Å². The van der Waals surface area contributed by atoms with Crippen LogP contribution in [0.25, 0.3) is 0 Å². The molecule has 1 unspecified atom stereocenters. The molecule has 0 bridgehead atoms. The van der Waals surface area contributed by atoms with Crippen molar-refractivity contribution < 1.29 is 14.0 Å². The van der Waals surface area contributed by atoms with Gasteiger partial charge in [-0.05, 0) is 37.5 Å². The van der Waals surface area contributed by atoms with Crippen LogP contribution in [0.15, 0.2) is 28.8 Å². The summed E-state index contributed by atoms with van der Waals surface area (Å²) in [5, 5.41) is 3.83. The van der Waals surface area contributed by atoms with Gasteiger partial charge in [0.1, 0.15) is 6.61 Å². The zero-order valence-electron chi connectivity index (χ0n) is 12.8. The molecule has 0 spiro atoms. The first kappa shape index (κ1) is 15.4. The van der Waals surface area contributed by atoms with E-state index in [2.05, 4.69) is 12.1 Å². The van der Waals surface area contributed by atoms with E-state index in [0.29, 0.717) is 23.9 Å². The quantitative estimate of drug-likeness (QED) is 0.849. The molecule has 1 atom stereocenters. The van der Waals surface area contributed by atoms with Crippen molar-refractivity contribution in [2.24, 2.45) is 5.73 Å². The van der Waals surface area contributed by atoms with Gasteiger partial charge in [-0.1, -0.05) is 18.1 Å². The molecule has 0 aliphatic carbocycles. The fourth-order valence-corrected chi connectivity index (χ4v) is 2.04. The minimum atomic E-state index is 0.165. The third-order valence-corrected chi connectivity index (χ3v) is 3.30. The molecule has 0 fully saturated rings. The number of hydrogen-bond donors (Lipinski definition) is 1. The second-order valence-electron chi connectivity index (χ2n) is 5.08. The van der Waals surface area contributed by atoms with E-state index in [1.54, 1.807) is 7.11 Å². The maximum atomic E-state index is 5.98. The number of nitrogens with two attached hydrogens (primary N) is 1. The Morgan fingerprint density at radius 3 is 2.71 bits per heavy atom. The predicted molar refractivity (Wildman–Crippen MR) is 80.5 cm³/mol. The highest BCUT2D eigenvalue weighted by Crippen LogP contribution is 2.29. The van der Waals surface area contributed by atoms with E-state index < -0.39 is 0 Å². The molecule has 0 aliphatic rings. The average molecular weight is 290 g/mol. The smallest absolute Gasteiger partial charge is 0.174 e. The Balaban J connectivity index is 2.05. The monoisotopic (exact) mass is 290 g/mol. The molecule has 1 aromatic carbocycles. The van der Waals surface area contributed by atoms with Gasteiger partial charge >= 0.3 is 0 Å². The van der Waals surface area contributed by atoms with Crippen molar-refractivity contribution in [3.8, 4) is 11.5 Å². The van der Waals surface area contributed by atoms with Gasteiger partial charge < -0.3 is 19.7 Å². The van der Waals surface area contributed by atoms with Crippen molar-refractivity contribution >= 4 is 0 Å². The number of methoxy groups -OCH3 is 1. The molecule has 2 aromatic rings. The van der Waals surface area contributed by atoms with Crippen molar-refractivity contribution in [1.82, 2.24) is 5.16 Å². The van der Waals surface area contributed by atoms with Crippen molar-refractivity contribution in [2.45, 2.75) is 39.3 Å². The number of hydrogen-bond acceptors (Lipinski definition) is 5. The second-order valence-corrected chi connectivity index (χ2v) is 5.08. The maximum absolute atomic E-state index is 5.98. The van der Waals surface area contributed by atoms with E-state index in [4.69, 9.17) is 19.7 Å². The lowest BCUT2D eigenvalue weighted by Crippen LogP contribution is -2.21. The van der Waals surface area contributed by atoms with Gasteiger partial charge in [0.2, 0.25) is 0 Å². The predicted octanol–water partition coefficient (Wildman–Crippen LogP) is 2.85. The molecule has 0 saturated heterocycles. The topological polar surface area (TPSA) is 70.5 Å². The SMILES string of the molecule is CCC(N)Cc1ccc(OCc2cc(C)no2)c(OC)c1. The highest BCUT2D eigenvalue weighted by atomic mass is 16.5. The van der Waals surface area contributed by atoms with Gasteiger partial charge in [-0.2, -0.15) is 0 Å². The van der Waals surface area contributed by atoms with Crippen LogP contribution in [0.1, 0.15) is 30.4 Å². The number of nitrogens with zero attached hydrogens (tertiary/aromatic N) is 1. The van der Waals surface area contributed by atoms with Gasteiger partial charge in [0.05, 0.1) is 12.8 Å². The molecule has 2 N–H and O–H groups in total. The molecule has 1 aromatic heterocycles. The number of aromatic nitrogens is 1. The third kappa shape index (κ3) is 4.23. The largest absolute Gasteiger partial charge is 0.493 e. The summed E-state index contributed by atoms with van der Waals surface area (Å²) in [6.45, 7) is 4.28. The first-order valence-corrected chi connectivity index (χ1v) is 7.09. The second kappa shape index (κ2) is 7.13. The lowest BCUT2D eigenvalue weighted by atomic mass is 10.0. The Morgan fingerprint density at radius 2 is 2.10 bits per heavy atom. The molecular formula is C16H22N2O3. The highest BCUT2D eigenvalue weighted by molar-refractivity contribution is 5.43. The van der Waals surface area contributed by atoms with Crippen molar-refractivity contribution in [2.75, 3.05) is 7.11 Å². The van der Waals surface area contributed by atoms with Crippen LogP contribution in [-0.2, 0) is 13.0 Å². The summed E-state index contributed by atoms with van der Waals surface area (Å²) in [6, 6.07) is 7.90. The number of aryl methyl sites for hydroxylation is 1. The molecule has 21 heavy (non-hydrogen) atoms. The summed E-state index contributed by atoms with van der Waals surface area (Å²) in [6.07, 6.45) is 1.78. The molecular weight excluding hydrogens is 268 g/mol. The van der Waals surface area contributed by atoms with Gasteiger partial charge in [0.15, 0.2) is 17.3 Å². The lowest BCUT2D eigenvalue weighted by Gasteiger charge is -2.13. The third-order valence-electron chi connectivity index (χ3n) is 3.30. The molecule has 114 valence electrons. The number of rotatable bonds is 7. The lowest BCUT2D eigenvalue weighted by molar-refractivity contribution is 0.238. The van der Waals surface area contributed by atoms with E-state index in [1.165, 1.54) is 0 Å². The van der Waals surface area contributed by atoms with E-state index in [0.717, 1.165) is 24.1 Å². The zero-order chi connectivity index (χ0) is 15.2. The van der Waals surface area contributed by atoms with Crippen molar-refractivity contribution in [1.29, 1.82) is 0 Å². The molecule has 5 nitrogen and oxygen atoms in total. The van der Waals surface area contributed by atoms with E-state index in [-0.39, 0.29) is 6.04 Å². The van der Waals surface area contributed by atoms with Crippen LogP contribution in [-0.4, -0.2) is 18.3 Å². The number of benzene rings is 1. The standard InChI is InChI=1S/C16H22N2O3/c1-4-13(17)8-12-5-6-15(16(9-12)19-3)20-10-14-7-11(2)18-21-14/h5-7,9,13H,4,8,10,17H2,1-3H3. The average Bonchev–Trinajstić information content (AvgIpc) is 2.91. The first-order valence-electron chi connectivity index (χ1n) is 7.09. The van der Waals surface area contributed by atoms with Crippen LogP contribution in [0, 0.1) is 6.92 Å². The zero-order valence-corrected chi connectivity index (χ0v) is 12.8. The molecule has 0 saturated carbocycles. The number of ether oxygens (including phenoxy) is 2. The fourth-order valence-electron chi connectivity index (χ4n) is 2.04. The minimum Gasteiger partial charge on any atom is -0.493 e. The van der Waals surface area contributed by atoms with E-state index in [9.17, 15) is 0 Å². The van der Waals surface area contributed by atoms with Crippen LogP contribution >= 0.6 is 0 Å². The van der Waals surface area contributed by atoms with Crippen LogP contribution in [0.3, 0.4) is 0 Å².